The molecule has 1 fully saturated rings. The molecule has 0 aliphatic heterocycles. The molecular formula is C31H41Cl2N3O2S. The van der Waals surface area contributed by atoms with E-state index in [0.717, 1.165) is 53.6 Å². The van der Waals surface area contributed by atoms with Crippen LogP contribution in [0.3, 0.4) is 0 Å². The van der Waals surface area contributed by atoms with Gasteiger partial charge in [0.15, 0.2) is 0 Å². The van der Waals surface area contributed by atoms with Crippen LogP contribution in [-0.4, -0.2) is 22.0 Å². The number of amides is 1. The second kappa shape index (κ2) is 14.6. The lowest BCUT2D eigenvalue weighted by Gasteiger charge is -2.24. The molecule has 1 aromatic carbocycles. The first kappa shape index (κ1) is 30.0. The lowest BCUT2D eigenvalue weighted by atomic mass is 9.89. The largest absolute Gasteiger partial charge is 0.486 e. The highest BCUT2D eigenvalue weighted by molar-refractivity contribution is 7.09. The summed E-state index contributed by atoms with van der Waals surface area (Å²) in [5.41, 5.74) is 3.67. The highest BCUT2D eigenvalue weighted by atomic mass is 35.5. The molecule has 1 N–H and O–H groups in total. The number of nitrogens with zero attached hydrogens (tertiary/aromatic N) is 2. The fourth-order valence-corrected chi connectivity index (χ4v) is 6.68. The Labute approximate surface area is 247 Å². The predicted octanol–water partition coefficient (Wildman–Crippen LogP) is 9.33. The van der Waals surface area contributed by atoms with Gasteiger partial charge in [-0.25, -0.2) is 4.98 Å². The van der Waals surface area contributed by atoms with Crippen LogP contribution >= 0.6 is 34.5 Å². The molecular weight excluding hydrogens is 549 g/mol. The summed E-state index contributed by atoms with van der Waals surface area (Å²) in [7, 11) is 0. The van der Waals surface area contributed by atoms with Gasteiger partial charge in [-0.15, -0.1) is 11.3 Å². The molecule has 1 atom stereocenters. The van der Waals surface area contributed by atoms with E-state index >= 15 is 0 Å². The maximum absolute atomic E-state index is 13.4. The van der Waals surface area contributed by atoms with Crippen molar-refractivity contribution in [1.29, 1.82) is 0 Å². The fraction of sp³-hybridized carbons (Fsp3) is 0.548. The zero-order valence-corrected chi connectivity index (χ0v) is 25.7. The summed E-state index contributed by atoms with van der Waals surface area (Å²) in [5.74, 6) is 1.78. The number of hydrogen-bond donors (Lipinski definition) is 1. The number of rotatable bonds is 13. The third kappa shape index (κ3) is 8.25. The molecule has 1 aliphatic carbocycles. The Morgan fingerprint density at radius 2 is 1.90 bits per heavy atom. The smallest absolute Gasteiger partial charge is 0.253 e. The van der Waals surface area contributed by atoms with Crippen LogP contribution in [0.4, 0.5) is 0 Å². The number of ether oxygens (including phenoxy) is 1. The minimum absolute atomic E-state index is 0.0164. The van der Waals surface area contributed by atoms with Gasteiger partial charge in [-0.2, -0.15) is 0 Å². The summed E-state index contributed by atoms with van der Waals surface area (Å²) in [6, 6.07) is 7.21. The molecule has 2 heterocycles. The molecule has 212 valence electrons. The molecule has 39 heavy (non-hydrogen) atoms. The van der Waals surface area contributed by atoms with E-state index in [1.807, 2.05) is 6.07 Å². The first-order valence-electron chi connectivity index (χ1n) is 14.4. The number of benzene rings is 1. The Kier molecular flexibility index (Phi) is 11.2. The van der Waals surface area contributed by atoms with E-state index in [0.29, 0.717) is 34.2 Å². The minimum Gasteiger partial charge on any atom is -0.486 e. The summed E-state index contributed by atoms with van der Waals surface area (Å²) >= 11 is 13.8. The third-order valence-electron chi connectivity index (χ3n) is 7.88. The standard InChI is InChI=1S/C31H41Cl2N3O2S/c1-4-6-10-22(5-2)17-34-31(37)27-16-29(36(21(27)3)18-23-11-8-7-9-12-23)28-20-39-30(35-28)19-38-26-14-24(32)13-25(33)15-26/h13-16,20,22-23H,4-12,17-19H2,1-3H3,(H,34,37). The number of halogens is 2. The molecule has 8 heteroatoms. The van der Waals surface area contributed by atoms with Crippen molar-refractivity contribution in [1.82, 2.24) is 14.9 Å². The van der Waals surface area contributed by atoms with Crippen molar-refractivity contribution in [3.8, 4) is 17.1 Å². The van der Waals surface area contributed by atoms with Crippen molar-refractivity contribution in [2.45, 2.75) is 91.7 Å². The fourth-order valence-electron chi connectivity index (χ4n) is 5.48. The summed E-state index contributed by atoms with van der Waals surface area (Å²) in [4.78, 5) is 18.3. The molecule has 1 aliphatic rings. The zero-order chi connectivity index (χ0) is 27.8. The second-order valence-corrected chi connectivity index (χ2v) is 12.6. The van der Waals surface area contributed by atoms with Crippen LogP contribution in [0.25, 0.3) is 11.4 Å². The number of aromatic nitrogens is 2. The van der Waals surface area contributed by atoms with Crippen LogP contribution in [0.15, 0.2) is 29.6 Å². The normalized spacial score (nSPS) is 14.9. The SMILES string of the molecule is CCCCC(CC)CNC(=O)c1cc(-c2csc(COc3cc(Cl)cc(Cl)c3)n2)n(CC2CCCCC2)c1C. The number of carbonyl (C=O) groups is 1. The maximum atomic E-state index is 13.4. The highest BCUT2D eigenvalue weighted by Crippen LogP contribution is 2.32. The summed E-state index contributed by atoms with van der Waals surface area (Å²) in [6.45, 7) is 8.48. The first-order valence-corrected chi connectivity index (χ1v) is 16.0. The van der Waals surface area contributed by atoms with E-state index in [9.17, 15) is 4.79 Å². The van der Waals surface area contributed by atoms with Gasteiger partial charge in [0, 0.05) is 34.2 Å². The molecule has 0 spiro atoms. The van der Waals surface area contributed by atoms with Crippen LogP contribution in [0.1, 0.15) is 92.7 Å². The Hall–Kier alpha value is -2.02. The van der Waals surface area contributed by atoms with E-state index < -0.39 is 0 Å². The molecule has 3 aromatic rings. The molecule has 1 unspecified atom stereocenters. The Balaban J connectivity index is 1.54. The highest BCUT2D eigenvalue weighted by Gasteiger charge is 2.23. The van der Waals surface area contributed by atoms with Gasteiger partial charge in [-0.3, -0.25) is 4.79 Å². The Morgan fingerprint density at radius 1 is 1.15 bits per heavy atom. The molecule has 2 aromatic heterocycles. The maximum Gasteiger partial charge on any atom is 0.253 e. The van der Waals surface area contributed by atoms with Crippen molar-refractivity contribution in [3.05, 3.63) is 56.0 Å². The number of carbonyl (C=O) groups excluding carboxylic acids is 1. The van der Waals surface area contributed by atoms with Crippen molar-refractivity contribution in [2.24, 2.45) is 11.8 Å². The van der Waals surface area contributed by atoms with Crippen molar-refractivity contribution in [3.63, 3.8) is 0 Å². The Morgan fingerprint density at radius 3 is 2.59 bits per heavy atom. The molecule has 1 saturated carbocycles. The molecule has 0 saturated heterocycles. The average Bonchev–Trinajstić information content (AvgIpc) is 3.52. The van der Waals surface area contributed by atoms with Gasteiger partial charge in [0.2, 0.25) is 0 Å². The lowest BCUT2D eigenvalue weighted by molar-refractivity contribution is 0.0945. The number of nitrogens with one attached hydrogen (secondary N) is 1. The van der Waals surface area contributed by atoms with Crippen molar-refractivity contribution in [2.75, 3.05) is 6.54 Å². The van der Waals surface area contributed by atoms with Gasteiger partial charge in [0.05, 0.1) is 17.0 Å². The molecule has 0 radical (unpaired) electrons. The molecule has 5 nitrogen and oxygen atoms in total. The lowest BCUT2D eigenvalue weighted by Crippen LogP contribution is -2.29. The van der Waals surface area contributed by atoms with E-state index in [2.05, 4.69) is 36.0 Å². The van der Waals surface area contributed by atoms with E-state index in [-0.39, 0.29) is 5.91 Å². The van der Waals surface area contributed by atoms with Crippen LogP contribution in [0.2, 0.25) is 10.0 Å². The topological polar surface area (TPSA) is 56.1 Å². The van der Waals surface area contributed by atoms with Crippen LogP contribution in [-0.2, 0) is 13.2 Å². The van der Waals surface area contributed by atoms with Gasteiger partial charge >= 0.3 is 0 Å². The zero-order valence-electron chi connectivity index (χ0n) is 23.4. The third-order valence-corrected chi connectivity index (χ3v) is 9.14. The number of hydrogen-bond acceptors (Lipinski definition) is 4. The average molecular weight is 591 g/mol. The van der Waals surface area contributed by atoms with E-state index in [1.165, 1.54) is 44.9 Å². The van der Waals surface area contributed by atoms with Gasteiger partial charge in [-0.05, 0) is 62.3 Å². The molecule has 1 amide bonds. The Bertz CT molecular complexity index is 1210. The van der Waals surface area contributed by atoms with Crippen LogP contribution in [0.5, 0.6) is 5.75 Å². The van der Waals surface area contributed by atoms with Crippen molar-refractivity contribution >= 4 is 40.4 Å². The quantitative estimate of drug-likeness (QED) is 0.216. The summed E-state index contributed by atoms with van der Waals surface area (Å²) < 4.78 is 8.25. The van der Waals surface area contributed by atoms with Gasteiger partial charge in [0.1, 0.15) is 17.4 Å². The summed E-state index contributed by atoms with van der Waals surface area (Å²) in [6.07, 6.45) is 11.0. The van der Waals surface area contributed by atoms with E-state index in [1.54, 1.807) is 29.5 Å². The summed E-state index contributed by atoms with van der Waals surface area (Å²) in [5, 5.41) is 7.23. The number of unbranched alkanes of at least 4 members (excludes halogenated alkanes) is 1. The van der Waals surface area contributed by atoms with Crippen LogP contribution < -0.4 is 10.1 Å². The molecule has 0 bridgehead atoms. The number of thiazole rings is 1. The van der Waals surface area contributed by atoms with Gasteiger partial charge < -0.3 is 14.6 Å². The van der Waals surface area contributed by atoms with Gasteiger partial charge in [0.25, 0.3) is 5.91 Å². The first-order chi connectivity index (χ1) is 18.9. The molecule has 4 rings (SSSR count). The predicted molar refractivity (Wildman–Crippen MR) is 163 cm³/mol. The second-order valence-electron chi connectivity index (χ2n) is 10.8. The minimum atomic E-state index is 0.0164. The van der Waals surface area contributed by atoms with Crippen molar-refractivity contribution < 1.29 is 9.53 Å². The van der Waals surface area contributed by atoms with Gasteiger partial charge in [-0.1, -0.05) is 75.6 Å². The monoisotopic (exact) mass is 589 g/mol. The van der Waals surface area contributed by atoms with Crippen LogP contribution in [0, 0.1) is 18.8 Å². The van der Waals surface area contributed by atoms with E-state index in [4.69, 9.17) is 32.9 Å².